The summed E-state index contributed by atoms with van der Waals surface area (Å²) in [7, 11) is 1.40. The monoisotopic (exact) mass is 311 g/mol. The molecule has 2 aliphatic rings. The maximum atomic E-state index is 11.8. The van der Waals surface area contributed by atoms with Crippen LogP contribution in [0.25, 0.3) is 0 Å². The average molecular weight is 312 g/mol. The van der Waals surface area contributed by atoms with Crippen molar-refractivity contribution in [3.05, 3.63) is 28.8 Å². The van der Waals surface area contributed by atoms with Crippen LogP contribution in [-0.2, 0) is 20.7 Å². The number of methoxy groups -OCH3 is 1. The molecule has 0 aromatic heterocycles. The molecular formula is C15H18ClNO4. The van der Waals surface area contributed by atoms with Crippen LogP contribution in [0.15, 0.2) is 18.2 Å². The lowest BCUT2D eigenvalue weighted by molar-refractivity contribution is -0.153. The Kier molecular flexibility index (Phi) is 4.33. The maximum Gasteiger partial charge on any atom is 0.325 e. The molecule has 3 rings (SSSR count). The van der Waals surface area contributed by atoms with Gasteiger partial charge in [-0.15, -0.1) is 0 Å². The predicted octanol–water partition coefficient (Wildman–Crippen LogP) is 1.52. The molecule has 1 aromatic carbocycles. The van der Waals surface area contributed by atoms with Crippen LogP contribution in [-0.4, -0.2) is 56.4 Å². The Hall–Kier alpha value is -1.30. The summed E-state index contributed by atoms with van der Waals surface area (Å²) in [6, 6.07) is 5.32. The third-order valence-corrected chi connectivity index (χ3v) is 4.15. The first-order valence-electron chi connectivity index (χ1n) is 7.02. The molecule has 6 heteroatoms. The molecule has 0 bridgehead atoms. The molecule has 0 saturated carbocycles. The molecule has 1 aromatic rings. The third-order valence-electron chi connectivity index (χ3n) is 3.91. The Labute approximate surface area is 128 Å². The zero-order valence-electron chi connectivity index (χ0n) is 11.9. The van der Waals surface area contributed by atoms with Gasteiger partial charge < -0.3 is 14.2 Å². The first kappa shape index (κ1) is 14.6. The highest BCUT2D eigenvalue weighted by Gasteiger charge is 2.34. The third kappa shape index (κ3) is 3.15. The van der Waals surface area contributed by atoms with Gasteiger partial charge in [-0.25, -0.2) is 0 Å². The summed E-state index contributed by atoms with van der Waals surface area (Å²) in [5, 5.41) is 0.719. The number of benzene rings is 1. The van der Waals surface area contributed by atoms with Crippen molar-refractivity contribution in [3.63, 3.8) is 0 Å². The fourth-order valence-electron chi connectivity index (χ4n) is 2.86. The summed E-state index contributed by atoms with van der Waals surface area (Å²) in [5.74, 6) is 0.625. The first-order chi connectivity index (χ1) is 10.2. The number of carbonyl (C=O) groups excluding carboxylic acids is 1. The van der Waals surface area contributed by atoms with E-state index in [2.05, 4.69) is 4.90 Å². The molecule has 0 amide bonds. The highest BCUT2D eigenvalue weighted by atomic mass is 35.5. The Bertz CT molecular complexity index is 536. The standard InChI is InChI=1S/C15H18ClNO4/c1-19-15(18)13-9-20-5-4-17(13)8-12-7-10-6-11(16)2-3-14(10)21-12/h2-3,6,12-13H,4-5,7-9H2,1H3. The second kappa shape index (κ2) is 6.22. The van der Waals surface area contributed by atoms with Crippen molar-refractivity contribution in [2.24, 2.45) is 0 Å². The van der Waals surface area contributed by atoms with E-state index >= 15 is 0 Å². The quantitative estimate of drug-likeness (QED) is 0.792. The van der Waals surface area contributed by atoms with Gasteiger partial charge in [0.05, 0.1) is 20.3 Å². The van der Waals surface area contributed by atoms with E-state index in [4.69, 9.17) is 25.8 Å². The molecule has 21 heavy (non-hydrogen) atoms. The topological polar surface area (TPSA) is 48.0 Å². The molecule has 2 unspecified atom stereocenters. The van der Waals surface area contributed by atoms with E-state index in [-0.39, 0.29) is 18.1 Å². The van der Waals surface area contributed by atoms with Gasteiger partial charge in [-0.3, -0.25) is 9.69 Å². The lowest BCUT2D eigenvalue weighted by Crippen LogP contribution is -2.53. The van der Waals surface area contributed by atoms with Gasteiger partial charge >= 0.3 is 5.97 Å². The van der Waals surface area contributed by atoms with Crippen molar-refractivity contribution >= 4 is 17.6 Å². The van der Waals surface area contributed by atoms with Crippen LogP contribution in [0.4, 0.5) is 0 Å². The second-order valence-corrected chi connectivity index (χ2v) is 5.74. The van der Waals surface area contributed by atoms with Crippen molar-refractivity contribution in [3.8, 4) is 5.75 Å². The Morgan fingerprint density at radius 1 is 1.52 bits per heavy atom. The van der Waals surface area contributed by atoms with E-state index in [1.54, 1.807) is 0 Å². The van der Waals surface area contributed by atoms with E-state index in [1.807, 2.05) is 18.2 Å². The minimum atomic E-state index is -0.348. The number of hydrogen-bond donors (Lipinski definition) is 0. The fraction of sp³-hybridized carbons (Fsp3) is 0.533. The molecule has 0 spiro atoms. The zero-order valence-corrected chi connectivity index (χ0v) is 12.6. The number of esters is 1. The Morgan fingerprint density at radius 2 is 2.38 bits per heavy atom. The van der Waals surface area contributed by atoms with Gasteiger partial charge in [0, 0.05) is 24.5 Å². The predicted molar refractivity (Wildman–Crippen MR) is 77.8 cm³/mol. The minimum absolute atomic E-state index is 0.0312. The zero-order chi connectivity index (χ0) is 14.8. The van der Waals surface area contributed by atoms with Crippen LogP contribution in [0, 0.1) is 0 Å². The maximum absolute atomic E-state index is 11.8. The summed E-state index contributed by atoms with van der Waals surface area (Å²) in [4.78, 5) is 13.9. The van der Waals surface area contributed by atoms with Gasteiger partial charge in [0.1, 0.15) is 17.9 Å². The molecule has 1 saturated heterocycles. The van der Waals surface area contributed by atoms with Crippen LogP contribution in [0.2, 0.25) is 5.02 Å². The summed E-state index contributed by atoms with van der Waals surface area (Å²) in [6.45, 7) is 2.38. The van der Waals surface area contributed by atoms with Crippen molar-refractivity contribution < 1.29 is 19.0 Å². The van der Waals surface area contributed by atoms with Crippen LogP contribution >= 0.6 is 11.6 Å². The number of fused-ring (bicyclic) bond motifs is 1. The first-order valence-corrected chi connectivity index (χ1v) is 7.40. The van der Waals surface area contributed by atoms with E-state index in [1.165, 1.54) is 7.11 Å². The number of nitrogens with zero attached hydrogens (tertiary/aromatic N) is 1. The highest BCUT2D eigenvalue weighted by Crippen LogP contribution is 2.31. The Morgan fingerprint density at radius 3 is 3.19 bits per heavy atom. The number of rotatable bonds is 3. The summed E-state index contributed by atoms with van der Waals surface area (Å²) in [6.07, 6.45) is 0.838. The summed E-state index contributed by atoms with van der Waals surface area (Å²) in [5.41, 5.74) is 1.12. The summed E-state index contributed by atoms with van der Waals surface area (Å²) < 4.78 is 16.2. The van der Waals surface area contributed by atoms with Crippen molar-refractivity contribution in [2.45, 2.75) is 18.6 Å². The fourth-order valence-corrected chi connectivity index (χ4v) is 3.06. The van der Waals surface area contributed by atoms with E-state index in [9.17, 15) is 4.79 Å². The van der Waals surface area contributed by atoms with Crippen molar-refractivity contribution in [1.82, 2.24) is 4.90 Å². The van der Waals surface area contributed by atoms with Gasteiger partial charge in [-0.05, 0) is 23.8 Å². The lowest BCUT2D eigenvalue weighted by Gasteiger charge is -2.34. The number of halogens is 1. The van der Waals surface area contributed by atoms with Crippen LogP contribution < -0.4 is 4.74 Å². The van der Waals surface area contributed by atoms with E-state index in [0.29, 0.717) is 26.3 Å². The molecule has 2 heterocycles. The van der Waals surface area contributed by atoms with Crippen LogP contribution in [0.5, 0.6) is 5.75 Å². The molecule has 0 radical (unpaired) electrons. The molecule has 1 fully saturated rings. The average Bonchev–Trinajstić information content (AvgIpc) is 2.88. The van der Waals surface area contributed by atoms with Crippen LogP contribution in [0.1, 0.15) is 5.56 Å². The largest absolute Gasteiger partial charge is 0.488 e. The number of carbonyl (C=O) groups is 1. The normalized spacial score (nSPS) is 25.2. The van der Waals surface area contributed by atoms with Gasteiger partial charge in [-0.2, -0.15) is 0 Å². The smallest absolute Gasteiger partial charge is 0.325 e. The molecule has 114 valence electrons. The molecule has 0 N–H and O–H groups in total. The van der Waals surface area contributed by atoms with Crippen molar-refractivity contribution in [1.29, 1.82) is 0 Å². The number of ether oxygens (including phenoxy) is 3. The molecule has 2 atom stereocenters. The summed E-state index contributed by atoms with van der Waals surface area (Å²) >= 11 is 6.00. The van der Waals surface area contributed by atoms with Crippen molar-refractivity contribution in [2.75, 3.05) is 33.4 Å². The molecule has 5 nitrogen and oxygen atoms in total. The number of hydrogen-bond acceptors (Lipinski definition) is 5. The van der Waals surface area contributed by atoms with Gasteiger partial charge in [0.2, 0.25) is 0 Å². The minimum Gasteiger partial charge on any atom is -0.488 e. The van der Waals surface area contributed by atoms with Gasteiger partial charge in [0.25, 0.3) is 0 Å². The molecular weight excluding hydrogens is 294 g/mol. The number of morpholine rings is 1. The SMILES string of the molecule is COC(=O)C1COCCN1CC1Cc2cc(Cl)ccc2O1. The van der Waals surface area contributed by atoms with Gasteiger partial charge in [0.15, 0.2) is 0 Å². The highest BCUT2D eigenvalue weighted by molar-refractivity contribution is 6.30. The van der Waals surface area contributed by atoms with Gasteiger partial charge in [-0.1, -0.05) is 11.6 Å². The molecule has 0 aliphatic carbocycles. The van der Waals surface area contributed by atoms with Crippen LogP contribution in [0.3, 0.4) is 0 Å². The second-order valence-electron chi connectivity index (χ2n) is 5.30. The van der Waals surface area contributed by atoms with E-state index in [0.717, 1.165) is 22.8 Å². The van der Waals surface area contributed by atoms with E-state index < -0.39 is 0 Å². The lowest BCUT2D eigenvalue weighted by atomic mass is 10.1. The Balaban J connectivity index is 1.65. The molecule has 2 aliphatic heterocycles.